The van der Waals surface area contributed by atoms with Crippen LogP contribution in [0.3, 0.4) is 0 Å². The number of hydrogen-bond acceptors (Lipinski definition) is 3. The quantitative estimate of drug-likeness (QED) is 0.847. The highest BCUT2D eigenvalue weighted by atomic mass is 35.5. The van der Waals surface area contributed by atoms with E-state index in [-0.39, 0.29) is 11.8 Å². The second-order valence-electron chi connectivity index (χ2n) is 6.19. The van der Waals surface area contributed by atoms with Gasteiger partial charge in [-0.25, -0.2) is 0 Å². The van der Waals surface area contributed by atoms with Crippen molar-refractivity contribution in [1.82, 2.24) is 5.32 Å². The van der Waals surface area contributed by atoms with E-state index in [1.54, 1.807) is 36.3 Å². The zero-order valence-corrected chi connectivity index (χ0v) is 15.3. The second-order valence-corrected chi connectivity index (χ2v) is 6.62. The van der Waals surface area contributed by atoms with Gasteiger partial charge in [-0.3, -0.25) is 14.5 Å². The number of amides is 2. The molecule has 0 saturated carbocycles. The van der Waals surface area contributed by atoms with Crippen LogP contribution in [0.15, 0.2) is 48.5 Å². The molecule has 0 aliphatic carbocycles. The Balaban J connectivity index is 1.62. The van der Waals surface area contributed by atoms with Crippen LogP contribution < -0.4 is 15.0 Å². The first kappa shape index (κ1) is 18.3. The summed E-state index contributed by atoms with van der Waals surface area (Å²) in [5.41, 5.74) is 1.77. The van der Waals surface area contributed by atoms with Crippen LogP contribution in [-0.2, 0) is 16.0 Å². The number of anilines is 1. The van der Waals surface area contributed by atoms with Gasteiger partial charge in [-0.1, -0.05) is 23.7 Å². The Morgan fingerprint density at radius 3 is 2.73 bits per heavy atom. The summed E-state index contributed by atoms with van der Waals surface area (Å²) < 4.78 is 5.14. The molecule has 5 nitrogen and oxygen atoms in total. The standard InChI is InChI=1S/C20H21ClN2O3/c1-26-17-7-5-16(6-8-17)23-18(9-10-19(23)24)20(25)22-12-11-14-3-2-4-15(21)13-14/h2-8,13,18H,9-12H2,1H3,(H,22,25). The fourth-order valence-electron chi connectivity index (χ4n) is 3.14. The molecule has 1 atom stereocenters. The Labute approximate surface area is 157 Å². The molecule has 1 aliphatic heterocycles. The summed E-state index contributed by atoms with van der Waals surface area (Å²) in [4.78, 5) is 26.5. The molecule has 136 valence electrons. The van der Waals surface area contributed by atoms with E-state index in [2.05, 4.69) is 5.32 Å². The predicted molar refractivity (Wildman–Crippen MR) is 102 cm³/mol. The largest absolute Gasteiger partial charge is 0.497 e. The summed E-state index contributed by atoms with van der Waals surface area (Å²) in [5.74, 6) is 0.543. The summed E-state index contributed by atoms with van der Waals surface area (Å²) in [6, 6.07) is 14.3. The molecule has 1 N–H and O–H groups in total. The second kappa shape index (κ2) is 8.23. The number of ether oxygens (including phenoxy) is 1. The third kappa shape index (κ3) is 4.17. The molecule has 1 aliphatic rings. The molecule has 1 fully saturated rings. The minimum atomic E-state index is -0.477. The molecule has 6 heteroatoms. The van der Waals surface area contributed by atoms with E-state index < -0.39 is 6.04 Å². The normalized spacial score (nSPS) is 16.6. The number of nitrogens with one attached hydrogen (secondary N) is 1. The Morgan fingerprint density at radius 1 is 1.27 bits per heavy atom. The third-order valence-corrected chi connectivity index (χ3v) is 4.70. The maximum atomic E-state index is 12.6. The zero-order chi connectivity index (χ0) is 18.5. The Bertz CT molecular complexity index is 792. The number of hydrogen-bond donors (Lipinski definition) is 1. The highest BCUT2D eigenvalue weighted by Crippen LogP contribution is 2.28. The Hall–Kier alpha value is -2.53. The van der Waals surface area contributed by atoms with Crippen molar-refractivity contribution in [1.29, 1.82) is 0 Å². The van der Waals surface area contributed by atoms with Gasteiger partial charge < -0.3 is 10.1 Å². The van der Waals surface area contributed by atoms with E-state index in [0.717, 1.165) is 5.56 Å². The number of carbonyl (C=O) groups excluding carboxylic acids is 2. The van der Waals surface area contributed by atoms with Crippen LogP contribution in [-0.4, -0.2) is 31.5 Å². The smallest absolute Gasteiger partial charge is 0.243 e. The maximum Gasteiger partial charge on any atom is 0.243 e. The van der Waals surface area contributed by atoms with Crippen LogP contribution in [0.1, 0.15) is 18.4 Å². The van der Waals surface area contributed by atoms with Gasteiger partial charge in [-0.2, -0.15) is 0 Å². The van der Waals surface area contributed by atoms with E-state index in [4.69, 9.17) is 16.3 Å². The van der Waals surface area contributed by atoms with Gasteiger partial charge in [0.05, 0.1) is 7.11 Å². The molecule has 0 aromatic heterocycles. The number of nitrogens with zero attached hydrogens (tertiary/aromatic N) is 1. The third-order valence-electron chi connectivity index (χ3n) is 4.47. The van der Waals surface area contributed by atoms with Crippen molar-refractivity contribution in [2.45, 2.75) is 25.3 Å². The summed E-state index contributed by atoms with van der Waals surface area (Å²) in [5, 5.41) is 3.62. The zero-order valence-electron chi connectivity index (χ0n) is 14.6. The predicted octanol–water partition coefficient (Wildman–Crippen LogP) is 3.20. The average Bonchev–Trinajstić information content (AvgIpc) is 3.03. The van der Waals surface area contributed by atoms with E-state index in [0.29, 0.717) is 42.3 Å². The molecule has 2 aromatic carbocycles. The summed E-state index contributed by atoms with van der Waals surface area (Å²) in [6.45, 7) is 0.500. The summed E-state index contributed by atoms with van der Waals surface area (Å²) in [6.07, 6.45) is 1.59. The molecule has 1 saturated heterocycles. The van der Waals surface area contributed by atoms with Crippen molar-refractivity contribution in [2.24, 2.45) is 0 Å². The van der Waals surface area contributed by atoms with Crippen molar-refractivity contribution in [3.63, 3.8) is 0 Å². The van der Waals surface area contributed by atoms with Gasteiger partial charge in [0.1, 0.15) is 11.8 Å². The highest BCUT2D eigenvalue weighted by Gasteiger charge is 2.36. The molecule has 0 radical (unpaired) electrons. The highest BCUT2D eigenvalue weighted by molar-refractivity contribution is 6.30. The van der Waals surface area contributed by atoms with Crippen LogP contribution in [0.2, 0.25) is 5.02 Å². The van der Waals surface area contributed by atoms with Gasteiger partial charge >= 0.3 is 0 Å². The van der Waals surface area contributed by atoms with E-state index in [1.165, 1.54) is 0 Å². The molecular formula is C20H21ClN2O3. The molecule has 1 heterocycles. The fraction of sp³-hybridized carbons (Fsp3) is 0.300. The van der Waals surface area contributed by atoms with Gasteiger partial charge in [0.25, 0.3) is 0 Å². The number of methoxy groups -OCH3 is 1. The first-order valence-electron chi connectivity index (χ1n) is 8.57. The number of benzene rings is 2. The van der Waals surface area contributed by atoms with Gasteiger partial charge in [0.15, 0.2) is 0 Å². The fourth-order valence-corrected chi connectivity index (χ4v) is 3.35. The first-order chi connectivity index (χ1) is 12.6. The van der Waals surface area contributed by atoms with Crippen molar-refractivity contribution in [3.05, 3.63) is 59.1 Å². The van der Waals surface area contributed by atoms with E-state index in [1.807, 2.05) is 24.3 Å². The molecule has 1 unspecified atom stereocenters. The molecule has 26 heavy (non-hydrogen) atoms. The van der Waals surface area contributed by atoms with Crippen LogP contribution in [0, 0.1) is 0 Å². The average molecular weight is 373 g/mol. The summed E-state index contributed by atoms with van der Waals surface area (Å²) in [7, 11) is 1.59. The summed E-state index contributed by atoms with van der Waals surface area (Å²) >= 11 is 5.97. The van der Waals surface area contributed by atoms with Crippen LogP contribution >= 0.6 is 11.6 Å². The van der Waals surface area contributed by atoms with Crippen LogP contribution in [0.5, 0.6) is 5.75 Å². The number of halogens is 1. The van der Waals surface area contributed by atoms with Crippen LogP contribution in [0.4, 0.5) is 5.69 Å². The Kier molecular flexibility index (Phi) is 5.78. The first-order valence-corrected chi connectivity index (χ1v) is 8.94. The van der Waals surface area contributed by atoms with Crippen molar-refractivity contribution in [2.75, 3.05) is 18.6 Å². The lowest BCUT2D eigenvalue weighted by atomic mass is 10.1. The minimum Gasteiger partial charge on any atom is -0.497 e. The molecule has 0 bridgehead atoms. The van der Waals surface area contributed by atoms with Gasteiger partial charge in [0.2, 0.25) is 11.8 Å². The number of carbonyl (C=O) groups is 2. The van der Waals surface area contributed by atoms with Crippen molar-refractivity contribution < 1.29 is 14.3 Å². The van der Waals surface area contributed by atoms with Crippen molar-refractivity contribution in [3.8, 4) is 5.75 Å². The molecule has 2 aromatic rings. The van der Waals surface area contributed by atoms with Crippen molar-refractivity contribution >= 4 is 29.1 Å². The van der Waals surface area contributed by atoms with Crippen LogP contribution in [0.25, 0.3) is 0 Å². The lowest BCUT2D eigenvalue weighted by Gasteiger charge is -2.24. The minimum absolute atomic E-state index is 0.0369. The van der Waals surface area contributed by atoms with E-state index in [9.17, 15) is 9.59 Å². The molecule has 2 amide bonds. The molecular weight excluding hydrogens is 352 g/mol. The lowest BCUT2D eigenvalue weighted by molar-refractivity contribution is -0.123. The van der Waals surface area contributed by atoms with E-state index >= 15 is 0 Å². The maximum absolute atomic E-state index is 12.6. The Morgan fingerprint density at radius 2 is 2.04 bits per heavy atom. The van der Waals surface area contributed by atoms with Gasteiger partial charge in [-0.05, 0) is 54.8 Å². The molecule has 0 spiro atoms. The topological polar surface area (TPSA) is 58.6 Å². The monoisotopic (exact) mass is 372 g/mol. The van der Waals surface area contributed by atoms with Gasteiger partial charge in [-0.15, -0.1) is 0 Å². The number of rotatable bonds is 6. The SMILES string of the molecule is COc1ccc(N2C(=O)CCC2C(=O)NCCc2cccc(Cl)c2)cc1. The molecule has 3 rings (SSSR count). The lowest BCUT2D eigenvalue weighted by Crippen LogP contribution is -2.45. The van der Waals surface area contributed by atoms with Gasteiger partial charge in [0, 0.05) is 23.7 Å².